The van der Waals surface area contributed by atoms with Crippen molar-refractivity contribution in [3.05, 3.63) is 52.5 Å². The minimum atomic E-state index is -4.91. The minimum absolute atomic E-state index is 0.0648. The molecule has 0 atom stereocenters. The van der Waals surface area contributed by atoms with Crippen LogP contribution in [-0.4, -0.2) is 20.0 Å². The van der Waals surface area contributed by atoms with Gasteiger partial charge < -0.3 is 4.74 Å². The summed E-state index contributed by atoms with van der Waals surface area (Å²) in [5.74, 6) is -0.588. The van der Waals surface area contributed by atoms with Crippen LogP contribution in [0.5, 0.6) is 5.75 Å². The first kappa shape index (κ1) is 19.5. The summed E-state index contributed by atoms with van der Waals surface area (Å²) >= 11 is 8.28. The highest BCUT2D eigenvalue weighted by molar-refractivity contribution is 9.10. The number of ether oxygens (including phenoxy) is 1. The van der Waals surface area contributed by atoms with Crippen LogP contribution in [0.4, 0.5) is 18.9 Å². The van der Waals surface area contributed by atoms with E-state index in [-0.39, 0.29) is 20.6 Å². The number of para-hydroxylation sites is 1. The number of hydrogen-bond acceptors (Lipinski definition) is 4. The van der Waals surface area contributed by atoms with E-state index < -0.39 is 27.4 Å². The van der Waals surface area contributed by atoms with E-state index in [0.29, 0.717) is 0 Å². The first-order chi connectivity index (χ1) is 11.5. The fourth-order valence-electron chi connectivity index (χ4n) is 1.84. The van der Waals surface area contributed by atoms with Crippen molar-refractivity contribution in [3.63, 3.8) is 0 Å². The van der Waals surface area contributed by atoms with Crippen LogP contribution >= 0.6 is 27.5 Å². The maximum absolute atomic E-state index is 12.4. The third-order valence-electron chi connectivity index (χ3n) is 2.81. The van der Waals surface area contributed by atoms with Gasteiger partial charge in [0.15, 0.2) is 0 Å². The van der Waals surface area contributed by atoms with Crippen LogP contribution in [0, 0.1) is 0 Å². The molecule has 0 aliphatic heterocycles. The van der Waals surface area contributed by atoms with E-state index in [1.54, 1.807) is 0 Å². The van der Waals surface area contributed by atoms with Gasteiger partial charge in [0, 0.05) is 4.47 Å². The number of alkyl halides is 3. The van der Waals surface area contributed by atoms with E-state index in [0.717, 1.165) is 18.2 Å². The zero-order valence-corrected chi connectivity index (χ0v) is 15.1. The second-order valence-electron chi connectivity index (χ2n) is 4.56. The smallest absolute Gasteiger partial charge is 0.406 e. The van der Waals surface area contributed by atoms with E-state index in [1.807, 2.05) is 0 Å². The van der Waals surface area contributed by atoms with E-state index in [1.165, 1.54) is 24.3 Å². The Morgan fingerprint density at radius 1 is 1.16 bits per heavy atom. The second-order valence-corrected chi connectivity index (χ2v) is 7.41. The first-order valence-electron chi connectivity index (χ1n) is 6.36. The zero-order chi connectivity index (χ0) is 18.8. The van der Waals surface area contributed by atoms with Gasteiger partial charge in [0.05, 0.1) is 11.3 Å². The summed E-state index contributed by atoms with van der Waals surface area (Å²) < 4.78 is 67.2. The number of carbonyl (C=O) groups is 1. The predicted octanol–water partition coefficient (Wildman–Crippen LogP) is 4.53. The molecule has 0 saturated heterocycles. The molecule has 0 aliphatic carbocycles. The Balaban J connectivity index is 2.36. The Morgan fingerprint density at radius 3 is 2.36 bits per heavy atom. The molecular formula is C14H8BrClF3NO4S. The lowest BCUT2D eigenvalue weighted by Crippen LogP contribution is -2.18. The summed E-state index contributed by atoms with van der Waals surface area (Å²) in [4.78, 5) is 11.0. The summed E-state index contributed by atoms with van der Waals surface area (Å²) in [5, 5.41) is -0.869. The van der Waals surface area contributed by atoms with Gasteiger partial charge in [0.1, 0.15) is 10.6 Å². The topological polar surface area (TPSA) is 72.5 Å². The number of anilines is 1. The molecular weight excluding hydrogens is 451 g/mol. The number of rotatable bonds is 5. The SMILES string of the molecule is O=C(Cl)c1ccccc1NS(=O)(=O)c1ccc(OC(F)(F)F)cc1Br. The molecule has 25 heavy (non-hydrogen) atoms. The van der Waals surface area contributed by atoms with Crippen molar-refractivity contribution in [2.75, 3.05) is 4.72 Å². The standard InChI is InChI=1S/C14H8BrClF3NO4S/c15-10-7-8(24-14(17,18)19)5-6-12(10)25(22,23)20-11-4-2-1-3-9(11)13(16)21/h1-7,20H. The van der Waals surface area contributed by atoms with Crippen LogP contribution in [0.15, 0.2) is 51.8 Å². The van der Waals surface area contributed by atoms with Crippen molar-refractivity contribution in [1.29, 1.82) is 0 Å². The predicted molar refractivity (Wildman–Crippen MR) is 88.3 cm³/mol. The summed E-state index contributed by atoms with van der Waals surface area (Å²) in [7, 11) is -4.21. The number of benzene rings is 2. The Hall–Kier alpha value is -1.78. The lowest BCUT2D eigenvalue weighted by atomic mass is 10.2. The van der Waals surface area contributed by atoms with Gasteiger partial charge in [-0.25, -0.2) is 8.42 Å². The van der Waals surface area contributed by atoms with Gasteiger partial charge in [-0.05, 0) is 57.9 Å². The lowest BCUT2D eigenvalue weighted by molar-refractivity contribution is -0.274. The molecule has 134 valence electrons. The summed E-state index contributed by atoms with van der Waals surface area (Å²) in [6, 6.07) is 8.26. The molecule has 2 aromatic carbocycles. The summed E-state index contributed by atoms with van der Waals surface area (Å²) in [6.07, 6.45) is -4.91. The van der Waals surface area contributed by atoms with Crippen molar-refractivity contribution in [1.82, 2.24) is 0 Å². The minimum Gasteiger partial charge on any atom is -0.406 e. The molecule has 2 aromatic rings. The highest BCUT2D eigenvalue weighted by Gasteiger charge is 2.31. The van der Waals surface area contributed by atoms with Crippen LogP contribution in [0.3, 0.4) is 0 Å². The zero-order valence-electron chi connectivity index (χ0n) is 12.0. The fourth-order valence-corrected chi connectivity index (χ4v) is 4.14. The molecule has 0 fully saturated rings. The van der Waals surface area contributed by atoms with Crippen LogP contribution in [0.2, 0.25) is 0 Å². The molecule has 0 aromatic heterocycles. The molecule has 0 unspecified atom stereocenters. The van der Waals surface area contributed by atoms with Crippen molar-refractivity contribution in [3.8, 4) is 5.75 Å². The average molecular weight is 459 g/mol. The Bertz CT molecular complexity index is 919. The largest absolute Gasteiger partial charge is 0.573 e. The van der Waals surface area contributed by atoms with Gasteiger partial charge in [-0.3, -0.25) is 9.52 Å². The van der Waals surface area contributed by atoms with E-state index in [4.69, 9.17) is 11.6 Å². The molecule has 0 bridgehead atoms. The first-order valence-corrected chi connectivity index (χ1v) is 9.02. The van der Waals surface area contributed by atoms with Gasteiger partial charge in [-0.2, -0.15) is 0 Å². The highest BCUT2D eigenvalue weighted by atomic mass is 79.9. The van der Waals surface area contributed by atoms with Gasteiger partial charge in [-0.15, -0.1) is 13.2 Å². The molecule has 11 heteroatoms. The number of nitrogens with one attached hydrogen (secondary N) is 1. The maximum atomic E-state index is 12.4. The molecule has 0 heterocycles. The van der Waals surface area contributed by atoms with Gasteiger partial charge in [-0.1, -0.05) is 12.1 Å². The number of hydrogen-bond donors (Lipinski definition) is 1. The third kappa shape index (κ3) is 5.10. The maximum Gasteiger partial charge on any atom is 0.573 e. The monoisotopic (exact) mass is 457 g/mol. The van der Waals surface area contributed by atoms with Crippen molar-refractivity contribution in [2.45, 2.75) is 11.3 Å². The molecule has 0 amide bonds. The second kappa shape index (κ2) is 7.22. The lowest BCUT2D eigenvalue weighted by Gasteiger charge is -2.13. The normalized spacial score (nSPS) is 11.9. The van der Waals surface area contributed by atoms with E-state index in [2.05, 4.69) is 25.4 Å². The van der Waals surface area contributed by atoms with Crippen molar-refractivity contribution < 1.29 is 31.1 Å². The van der Waals surface area contributed by atoms with Crippen LogP contribution in [0.1, 0.15) is 10.4 Å². The van der Waals surface area contributed by atoms with Crippen LogP contribution in [0.25, 0.3) is 0 Å². The number of halogens is 5. The van der Waals surface area contributed by atoms with Gasteiger partial charge in [0.2, 0.25) is 0 Å². The van der Waals surface area contributed by atoms with Crippen LogP contribution < -0.4 is 9.46 Å². The van der Waals surface area contributed by atoms with Gasteiger partial charge in [0.25, 0.3) is 15.3 Å². The Morgan fingerprint density at radius 2 is 1.80 bits per heavy atom. The molecule has 5 nitrogen and oxygen atoms in total. The van der Waals surface area contributed by atoms with Crippen molar-refractivity contribution in [2.24, 2.45) is 0 Å². The fraction of sp³-hybridized carbons (Fsp3) is 0.0714. The molecule has 0 spiro atoms. The molecule has 1 N–H and O–H groups in total. The van der Waals surface area contributed by atoms with E-state index >= 15 is 0 Å². The summed E-state index contributed by atoms with van der Waals surface area (Å²) in [5.41, 5.74) is -0.133. The number of carbonyl (C=O) groups excluding carboxylic acids is 1. The Kier molecular flexibility index (Phi) is 5.65. The molecule has 0 radical (unpaired) electrons. The average Bonchev–Trinajstić information content (AvgIpc) is 2.45. The Labute approximate surface area is 153 Å². The van der Waals surface area contributed by atoms with Crippen molar-refractivity contribution >= 4 is 48.5 Å². The summed E-state index contributed by atoms with van der Waals surface area (Å²) in [6.45, 7) is 0. The van der Waals surface area contributed by atoms with Gasteiger partial charge >= 0.3 is 6.36 Å². The molecule has 0 aliphatic rings. The van der Waals surface area contributed by atoms with E-state index in [9.17, 15) is 26.4 Å². The van der Waals surface area contributed by atoms with Crippen LogP contribution in [-0.2, 0) is 10.0 Å². The number of sulfonamides is 1. The molecule has 0 saturated carbocycles. The molecule has 2 rings (SSSR count). The quantitative estimate of drug-likeness (QED) is 0.669. The third-order valence-corrected chi connectivity index (χ3v) is 5.36. The highest BCUT2D eigenvalue weighted by Crippen LogP contribution is 2.31.